The number of anilines is 2. The monoisotopic (exact) mass is 280 g/mol. The second-order valence-corrected chi connectivity index (χ2v) is 5.35. The molecule has 0 unspecified atom stereocenters. The lowest BCUT2D eigenvalue weighted by molar-refractivity contribution is 0.178. The highest BCUT2D eigenvalue weighted by atomic mass is 16.5. The van der Waals surface area contributed by atoms with Gasteiger partial charge in [0.25, 0.3) is 0 Å². The summed E-state index contributed by atoms with van der Waals surface area (Å²) >= 11 is 0. The van der Waals surface area contributed by atoms with E-state index in [1.165, 1.54) is 12.8 Å². The Bertz CT molecular complexity index is 411. The molecule has 1 aliphatic carbocycles. The molecule has 1 aromatic rings. The lowest BCUT2D eigenvalue weighted by atomic mass is 10.0. The van der Waals surface area contributed by atoms with Crippen molar-refractivity contribution in [2.75, 3.05) is 37.4 Å². The quantitative estimate of drug-likeness (QED) is 0.638. The second kappa shape index (κ2) is 6.85. The van der Waals surface area contributed by atoms with Crippen molar-refractivity contribution in [2.45, 2.75) is 32.8 Å². The van der Waals surface area contributed by atoms with Crippen LogP contribution in [0.2, 0.25) is 0 Å². The zero-order valence-corrected chi connectivity index (χ0v) is 12.3. The maximum Gasteiger partial charge on any atom is 0.158 e. The van der Waals surface area contributed by atoms with E-state index >= 15 is 0 Å². The van der Waals surface area contributed by atoms with Crippen LogP contribution in [0.15, 0.2) is 6.07 Å². The van der Waals surface area contributed by atoms with Crippen LogP contribution in [0.4, 0.5) is 11.6 Å². The summed E-state index contributed by atoms with van der Waals surface area (Å²) in [6, 6.07) is 1.91. The van der Waals surface area contributed by atoms with Crippen molar-refractivity contribution in [3.8, 4) is 0 Å². The molecule has 6 heteroatoms. The van der Waals surface area contributed by atoms with E-state index in [2.05, 4.69) is 20.6 Å². The van der Waals surface area contributed by atoms with Gasteiger partial charge in [0.05, 0.1) is 0 Å². The third-order valence-electron chi connectivity index (χ3n) is 3.65. The van der Waals surface area contributed by atoms with Crippen molar-refractivity contribution in [3.63, 3.8) is 0 Å². The van der Waals surface area contributed by atoms with Crippen LogP contribution in [0, 0.1) is 5.41 Å². The highest BCUT2D eigenvalue weighted by molar-refractivity contribution is 5.47. The van der Waals surface area contributed by atoms with Gasteiger partial charge in [-0.05, 0) is 31.6 Å². The smallest absolute Gasteiger partial charge is 0.158 e. The van der Waals surface area contributed by atoms with Gasteiger partial charge in [-0.1, -0.05) is 0 Å². The fourth-order valence-electron chi connectivity index (χ4n) is 2.26. The molecule has 0 aliphatic heterocycles. The number of rotatable bonds is 9. The first-order chi connectivity index (χ1) is 9.71. The summed E-state index contributed by atoms with van der Waals surface area (Å²) < 4.78 is 5.10. The average molecular weight is 280 g/mol. The van der Waals surface area contributed by atoms with E-state index in [1.54, 1.807) is 7.11 Å². The van der Waals surface area contributed by atoms with Crippen LogP contribution in [-0.2, 0) is 11.3 Å². The average Bonchev–Trinajstić information content (AvgIpc) is 3.18. The molecule has 1 aromatic heterocycles. The first-order valence-corrected chi connectivity index (χ1v) is 7.17. The van der Waals surface area contributed by atoms with Crippen molar-refractivity contribution >= 4 is 11.6 Å². The van der Waals surface area contributed by atoms with Crippen LogP contribution in [-0.4, -0.2) is 41.9 Å². The molecule has 0 bridgehead atoms. The summed E-state index contributed by atoms with van der Waals surface area (Å²) in [6.45, 7) is 4.35. The van der Waals surface area contributed by atoms with E-state index in [0.717, 1.165) is 31.1 Å². The summed E-state index contributed by atoms with van der Waals surface area (Å²) in [5, 5.41) is 15.7. The molecular formula is C14H24N4O2. The lowest BCUT2D eigenvalue weighted by Gasteiger charge is -2.16. The van der Waals surface area contributed by atoms with Crippen LogP contribution in [0.5, 0.6) is 0 Å². The summed E-state index contributed by atoms with van der Waals surface area (Å²) in [7, 11) is 1.64. The molecule has 1 aliphatic rings. The van der Waals surface area contributed by atoms with E-state index in [0.29, 0.717) is 12.4 Å². The topological polar surface area (TPSA) is 79.3 Å². The van der Waals surface area contributed by atoms with Crippen LogP contribution in [0.3, 0.4) is 0 Å². The maximum absolute atomic E-state index is 9.09. The van der Waals surface area contributed by atoms with Gasteiger partial charge in [0.15, 0.2) is 5.82 Å². The molecule has 2 rings (SSSR count). The molecule has 0 spiro atoms. The van der Waals surface area contributed by atoms with Gasteiger partial charge in [-0.3, -0.25) is 0 Å². The number of nitrogens with one attached hydrogen (secondary N) is 2. The fourth-order valence-corrected chi connectivity index (χ4v) is 2.26. The highest BCUT2D eigenvalue weighted by Gasteiger charge is 2.41. The summed E-state index contributed by atoms with van der Waals surface area (Å²) in [5.74, 6) is 2.29. The summed E-state index contributed by atoms with van der Waals surface area (Å²) in [6.07, 6.45) is 3.21. The third-order valence-corrected chi connectivity index (χ3v) is 3.65. The van der Waals surface area contributed by atoms with Gasteiger partial charge < -0.3 is 20.5 Å². The van der Waals surface area contributed by atoms with Crippen LogP contribution >= 0.6 is 0 Å². The molecule has 0 atom stereocenters. The molecule has 1 fully saturated rings. The Kier molecular flexibility index (Phi) is 5.14. The Morgan fingerprint density at radius 1 is 1.30 bits per heavy atom. The Balaban J connectivity index is 2.02. The number of ether oxygens (including phenoxy) is 1. The van der Waals surface area contributed by atoms with Crippen molar-refractivity contribution in [3.05, 3.63) is 11.9 Å². The fraction of sp³-hybridized carbons (Fsp3) is 0.714. The van der Waals surface area contributed by atoms with Crippen molar-refractivity contribution in [2.24, 2.45) is 5.41 Å². The first kappa shape index (κ1) is 15.0. The molecule has 6 nitrogen and oxygen atoms in total. The molecule has 0 radical (unpaired) electrons. The number of methoxy groups -OCH3 is 1. The Morgan fingerprint density at radius 3 is 2.55 bits per heavy atom. The molecule has 3 N–H and O–H groups in total. The zero-order valence-electron chi connectivity index (χ0n) is 12.3. The Morgan fingerprint density at radius 2 is 2.00 bits per heavy atom. The molecule has 112 valence electrons. The van der Waals surface area contributed by atoms with Gasteiger partial charge in [-0.2, -0.15) is 0 Å². The van der Waals surface area contributed by atoms with Gasteiger partial charge in [0, 0.05) is 32.9 Å². The predicted molar refractivity (Wildman–Crippen MR) is 78.8 cm³/mol. The van der Waals surface area contributed by atoms with Crippen molar-refractivity contribution in [1.29, 1.82) is 0 Å². The zero-order chi connectivity index (χ0) is 14.4. The molecule has 0 saturated heterocycles. The highest BCUT2D eigenvalue weighted by Crippen LogP contribution is 2.48. The van der Waals surface area contributed by atoms with E-state index < -0.39 is 0 Å². The van der Waals surface area contributed by atoms with Crippen LogP contribution < -0.4 is 10.6 Å². The minimum Gasteiger partial charge on any atom is -0.396 e. The molecule has 1 heterocycles. The number of hydrogen-bond acceptors (Lipinski definition) is 6. The largest absolute Gasteiger partial charge is 0.396 e. The van der Waals surface area contributed by atoms with Gasteiger partial charge >= 0.3 is 0 Å². The Hall–Kier alpha value is -1.40. The van der Waals surface area contributed by atoms with E-state index in [1.807, 2.05) is 13.0 Å². The van der Waals surface area contributed by atoms with Crippen molar-refractivity contribution < 1.29 is 9.84 Å². The molecule has 20 heavy (non-hydrogen) atoms. The van der Waals surface area contributed by atoms with E-state index in [-0.39, 0.29) is 12.0 Å². The van der Waals surface area contributed by atoms with Crippen LogP contribution in [0.1, 0.15) is 32.0 Å². The number of aliphatic hydroxyl groups excluding tert-OH is 1. The van der Waals surface area contributed by atoms with Crippen LogP contribution in [0.25, 0.3) is 0 Å². The number of aromatic nitrogens is 2. The molecular weight excluding hydrogens is 256 g/mol. The normalized spacial score (nSPS) is 15.9. The minimum atomic E-state index is 0.253. The predicted octanol–water partition coefficient (Wildman–Crippen LogP) is 1.63. The number of aliphatic hydroxyl groups is 1. The third kappa shape index (κ3) is 4.05. The summed E-state index contributed by atoms with van der Waals surface area (Å²) in [5.41, 5.74) is 0.263. The van der Waals surface area contributed by atoms with E-state index in [4.69, 9.17) is 9.84 Å². The van der Waals surface area contributed by atoms with Gasteiger partial charge in [-0.15, -0.1) is 0 Å². The standard InChI is InChI=1S/C14H24N4O2/c1-3-15-11-8-12(18-13(17-11)9-20-2)16-10-14(4-5-14)6-7-19/h8,19H,3-7,9-10H2,1-2H3,(H2,15,16,17,18). The number of nitrogens with zero attached hydrogens (tertiary/aromatic N) is 2. The first-order valence-electron chi connectivity index (χ1n) is 7.17. The SMILES string of the molecule is CCNc1cc(NCC2(CCO)CC2)nc(COC)n1. The molecule has 0 aromatic carbocycles. The summed E-state index contributed by atoms with van der Waals surface area (Å²) in [4.78, 5) is 8.83. The second-order valence-electron chi connectivity index (χ2n) is 5.35. The van der Waals surface area contributed by atoms with E-state index in [9.17, 15) is 0 Å². The minimum absolute atomic E-state index is 0.253. The van der Waals surface area contributed by atoms with Gasteiger partial charge in [0.1, 0.15) is 18.2 Å². The van der Waals surface area contributed by atoms with Gasteiger partial charge in [-0.25, -0.2) is 9.97 Å². The lowest BCUT2D eigenvalue weighted by Crippen LogP contribution is -2.18. The number of hydrogen-bond donors (Lipinski definition) is 3. The van der Waals surface area contributed by atoms with Gasteiger partial charge in [0.2, 0.25) is 0 Å². The maximum atomic E-state index is 9.09. The van der Waals surface area contributed by atoms with Crippen molar-refractivity contribution in [1.82, 2.24) is 9.97 Å². The molecule has 0 amide bonds. The molecule has 1 saturated carbocycles. The Labute approximate surface area is 120 Å².